The fourth-order valence-electron chi connectivity index (χ4n) is 1.83. The molecule has 1 aromatic carbocycles. The Hall–Kier alpha value is -1.33. The Morgan fingerprint density at radius 1 is 1.37 bits per heavy atom. The number of rotatable bonds is 4. The number of amides is 1. The zero-order chi connectivity index (χ0) is 13.8. The molecule has 1 aromatic heterocycles. The van der Waals surface area contributed by atoms with Crippen LogP contribution in [-0.4, -0.2) is 12.5 Å². The maximum atomic E-state index is 12.5. The summed E-state index contributed by atoms with van der Waals surface area (Å²) >= 11 is 4.83. The van der Waals surface area contributed by atoms with Gasteiger partial charge in [0, 0.05) is 17.9 Å². The van der Waals surface area contributed by atoms with Gasteiger partial charge >= 0.3 is 0 Å². The number of nitrogens with zero attached hydrogens (tertiary/aromatic N) is 1. The molecule has 19 heavy (non-hydrogen) atoms. The highest BCUT2D eigenvalue weighted by Crippen LogP contribution is 2.26. The second-order valence-corrected chi connectivity index (χ2v) is 6.62. The molecule has 0 saturated carbocycles. The van der Waals surface area contributed by atoms with E-state index in [-0.39, 0.29) is 5.91 Å². The lowest BCUT2D eigenvalue weighted by Gasteiger charge is -2.22. The molecule has 1 heterocycles. The van der Waals surface area contributed by atoms with E-state index in [0.29, 0.717) is 12.2 Å². The average molecular weight is 339 g/mol. The summed E-state index contributed by atoms with van der Waals surface area (Å²) in [7, 11) is 0. The van der Waals surface area contributed by atoms with Gasteiger partial charge in [0.2, 0.25) is 0 Å². The van der Waals surface area contributed by atoms with Gasteiger partial charge in [0.15, 0.2) is 0 Å². The molecule has 0 saturated heterocycles. The van der Waals surface area contributed by atoms with Crippen molar-refractivity contribution >= 4 is 44.5 Å². The monoisotopic (exact) mass is 338 g/mol. The van der Waals surface area contributed by atoms with Gasteiger partial charge in [-0.1, -0.05) is 13.0 Å². The van der Waals surface area contributed by atoms with Crippen LogP contribution >= 0.6 is 27.3 Å². The van der Waals surface area contributed by atoms with Crippen molar-refractivity contribution in [2.24, 2.45) is 0 Å². The molecule has 3 nitrogen and oxygen atoms in total. The number of hydrogen-bond acceptors (Lipinski definition) is 3. The second-order valence-electron chi connectivity index (χ2n) is 4.16. The highest BCUT2D eigenvalue weighted by molar-refractivity contribution is 9.11. The maximum Gasteiger partial charge on any atom is 0.268 e. The largest absolute Gasteiger partial charge is 0.399 e. The minimum absolute atomic E-state index is 0.0168. The molecular weight excluding hydrogens is 324 g/mol. The van der Waals surface area contributed by atoms with Crippen molar-refractivity contribution in [2.75, 3.05) is 17.2 Å². The molecule has 0 unspecified atom stereocenters. The van der Waals surface area contributed by atoms with Crippen LogP contribution in [0.4, 0.5) is 11.4 Å². The summed E-state index contributed by atoms with van der Waals surface area (Å²) in [6.07, 6.45) is 0.896. The summed E-state index contributed by atoms with van der Waals surface area (Å²) in [5.74, 6) is 0.0168. The van der Waals surface area contributed by atoms with Crippen LogP contribution in [-0.2, 0) is 0 Å². The van der Waals surface area contributed by atoms with Gasteiger partial charge in [-0.05, 0) is 52.7 Å². The van der Waals surface area contributed by atoms with Crippen molar-refractivity contribution in [3.8, 4) is 0 Å². The lowest BCUT2D eigenvalue weighted by molar-refractivity contribution is 0.0991. The normalized spacial score (nSPS) is 10.4. The molecule has 0 bridgehead atoms. The van der Waals surface area contributed by atoms with E-state index >= 15 is 0 Å². The Morgan fingerprint density at radius 3 is 2.74 bits per heavy atom. The van der Waals surface area contributed by atoms with Crippen molar-refractivity contribution in [2.45, 2.75) is 13.3 Å². The van der Waals surface area contributed by atoms with Crippen LogP contribution in [0.1, 0.15) is 23.0 Å². The number of carbonyl (C=O) groups excluding carboxylic acids is 1. The third-order valence-corrected chi connectivity index (χ3v) is 4.27. The van der Waals surface area contributed by atoms with Gasteiger partial charge in [-0.25, -0.2) is 0 Å². The Kier molecular flexibility index (Phi) is 4.61. The van der Waals surface area contributed by atoms with Crippen LogP contribution in [0.25, 0.3) is 0 Å². The van der Waals surface area contributed by atoms with Crippen LogP contribution in [0.5, 0.6) is 0 Å². The third-order valence-electron chi connectivity index (χ3n) is 2.66. The van der Waals surface area contributed by atoms with Crippen LogP contribution < -0.4 is 10.6 Å². The number of nitrogen functional groups attached to an aromatic ring is 1. The topological polar surface area (TPSA) is 46.3 Å². The predicted molar refractivity (Wildman–Crippen MR) is 84.8 cm³/mol. The highest BCUT2D eigenvalue weighted by Gasteiger charge is 2.18. The second kappa shape index (κ2) is 6.21. The molecule has 1 amide bonds. The minimum Gasteiger partial charge on any atom is -0.399 e. The standard InChI is InChI=1S/C14H15BrN2OS/c1-2-8-17(11-5-3-4-10(16)9-11)14(18)12-6-7-13(15)19-12/h3-7,9H,2,8,16H2,1H3. The molecule has 0 atom stereocenters. The van der Waals surface area contributed by atoms with Crippen molar-refractivity contribution in [3.63, 3.8) is 0 Å². The van der Waals surface area contributed by atoms with Crippen molar-refractivity contribution in [1.29, 1.82) is 0 Å². The Bertz CT molecular complexity index is 582. The van der Waals surface area contributed by atoms with E-state index in [9.17, 15) is 4.79 Å². The number of hydrogen-bond donors (Lipinski definition) is 1. The SMILES string of the molecule is CCCN(C(=O)c1ccc(Br)s1)c1cccc(N)c1. The van der Waals surface area contributed by atoms with Crippen molar-refractivity contribution < 1.29 is 4.79 Å². The third kappa shape index (κ3) is 3.36. The molecule has 0 aliphatic carbocycles. The first-order valence-corrected chi connectivity index (χ1v) is 7.65. The first-order chi connectivity index (χ1) is 9.11. The maximum absolute atomic E-state index is 12.5. The van der Waals surface area contributed by atoms with E-state index in [0.717, 1.165) is 20.8 Å². The molecule has 0 spiro atoms. The van der Waals surface area contributed by atoms with Gasteiger partial charge < -0.3 is 10.6 Å². The molecule has 5 heteroatoms. The molecule has 0 aliphatic heterocycles. The van der Waals surface area contributed by atoms with Crippen molar-refractivity contribution in [1.82, 2.24) is 0 Å². The summed E-state index contributed by atoms with van der Waals surface area (Å²) in [6.45, 7) is 2.73. The fraction of sp³-hybridized carbons (Fsp3) is 0.214. The van der Waals surface area contributed by atoms with E-state index in [1.807, 2.05) is 36.4 Å². The van der Waals surface area contributed by atoms with Crippen LogP contribution in [0.2, 0.25) is 0 Å². The summed E-state index contributed by atoms with van der Waals surface area (Å²) in [6, 6.07) is 11.2. The van der Waals surface area contributed by atoms with Gasteiger partial charge in [0.05, 0.1) is 8.66 Å². The molecular formula is C14H15BrN2OS. The Balaban J connectivity index is 2.32. The molecule has 0 aliphatic rings. The Morgan fingerprint density at radius 2 is 2.16 bits per heavy atom. The van der Waals surface area contributed by atoms with E-state index in [1.165, 1.54) is 11.3 Å². The van der Waals surface area contributed by atoms with Gasteiger partial charge in [0.25, 0.3) is 5.91 Å². The summed E-state index contributed by atoms with van der Waals surface area (Å²) in [4.78, 5) is 15.0. The molecule has 0 fully saturated rings. The number of thiophene rings is 1. The van der Waals surface area contributed by atoms with Crippen LogP contribution in [0, 0.1) is 0 Å². The zero-order valence-corrected chi connectivity index (χ0v) is 13.0. The first kappa shape index (κ1) is 14.1. The quantitative estimate of drug-likeness (QED) is 0.851. The summed E-state index contributed by atoms with van der Waals surface area (Å²) in [5.41, 5.74) is 7.30. The lowest BCUT2D eigenvalue weighted by atomic mass is 10.2. The van der Waals surface area contributed by atoms with Gasteiger partial charge in [-0.3, -0.25) is 4.79 Å². The molecule has 2 aromatic rings. The molecule has 100 valence electrons. The smallest absolute Gasteiger partial charge is 0.268 e. The fourth-order valence-corrected chi connectivity index (χ4v) is 3.16. The van der Waals surface area contributed by atoms with E-state index in [1.54, 1.807) is 4.90 Å². The van der Waals surface area contributed by atoms with E-state index < -0.39 is 0 Å². The molecule has 2 N–H and O–H groups in total. The highest BCUT2D eigenvalue weighted by atomic mass is 79.9. The summed E-state index contributed by atoms with van der Waals surface area (Å²) < 4.78 is 0.958. The van der Waals surface area contributed by atoms with Gasteiger partial charge in [-0.15, -0.1) is 11.3 Å². The zero-order valence-electron chi connectivity index (χ0n) is 10.6. The van der Waals surface area contributed by atoms with Gasteiger partial charge in [0.1, 0.15) is 0 Å². The summed E-state index contributed by atoms with van der Waals surface area (Å²) in [5, 5.41) is 0. The predicted octanol–water partition coefficient (Wildman–Crippen LogP) is 4.15. The first-order valence-electron chi connectivity index (χ1n) is 6.04. The number of halogens is 1. The van der Waals surface area contributed by atoms with Crippen LogP contribution in [0.15, 0.2) is 40.2 Å². The minimum atomic E-state index is 0.0168. The number of benzene rings is 1. The van der Waals surface area contributed by atoms with Gasteiger partial charge in [-0.2, -0.15) is 0 Å². The molecule has 2 rings (SSSR count). The van der Waals surface area contributed by atoms with E-state index in [2.05, 4.69) is 22.9 Å². The Labute approximate surface area is 125 Å². The van der Waals surface area contributed by atoms with E-state index in [4.69, 9.17) is 5.73 Å². The van der Waals surface area contributed by atoms with Crippen LogP contribution in [0.3, 0.4) is 0 Å². The average Bonchev–Trinajstić information content (AvgIpc) is 2.82. The number of carbonyl (C=O) groups is 1. The van der Waals surface area contributed by atoms with Crippen molar-refractivity contribution in [3.05, 3.63) is 45.1 Å². The molecule has 0 radical (unpaired) electrons. The number of nitrogens with two attached hydrogens (primary N) is 1. The number of anilines is 2. The lowest BCUT2D eigenvalue weighted by Crippen LogP contribution is -2.31.